The Morgan fingerprint density at radius 2 is 1.92 bits per heavy atom. The molecule has 6 nitrogen and oxygen atoms in total. The van der Waals surface area contributed by atoms with Crippen molar-refractivity contribution in [1.29, 1.82) is 0 Å². The van der Waals surface area contributed by atoms with Crippen LogP contribution in [0.15, 0.2) is 24.3 Å². The smallest absolute Gasteiger partial charge is 0.416 e. The van der Waals surface area contributed by atoms with Gasteiger partial charge in [0.15, 0.2) is 0 Å². The number of amides is 2. The molecule has 0 fully saturated rings. The molecule has 0 aliphatic rings. The lowest BCUT2D eigenvalue weighted by atomic mass is 10.1. The number of hydrogen-bond acceptors (Lipinski definition) is 3. The van der Waals surface area contributed by atoms with Gasteiger partial charge in [-0.05, 0) is 18.6 Å². The molecule has 1 aromatic carbocycles. The fourth-order valence-corrected chi connectivity index (χ4v) is 2.15. The number of carbonyl (C=O) groups excluding carboxylic acids is 2. The van der Waals surface area contributed by atoms with E-state index in [9.17, 15) is 27.6 Å². The molecule has 0 heterocycles. The van der Waals surface area contributed by atoms with Crippen molar-refractivity contribution in [3.63, 3.8) is 0 Å². The molecule has 9 heteroatoms. The molecule has 1 atom stereocenters. The van der Waals surface area contributed by atoms with Crippen molar-refractivity contribution in [1.82, 2.24) is 10.2 Å². The summed E-state index contributed by atoms with van der Waals surface area (Å²) in [7, 11) is 0. The second-order valence-corrected chi connectivity index (χ2v) is 5.46. The van der Waals surface area contributed by atoms with Gasteiger partial charge in [0.2, 0.25) is 11.8 Å². The first-order chi connectivity index (χ1) is 11.5. The van der Waals surface area contributed by atoms with Crippen LogP contribution < -0.4 is 5.32 Å². The highest BCUT2D eigenvalue weighted by Gasteiger charge is 2.31. The molecule has 0 saturated carbocycles. The van der Waals surface area contributed by atoms with Gasteiger partial charge in [0.1, 0.15) is 6.04 Å². The molecule has 0 spiro atoms. The summed E-state index contributed by atoms with van der Waals surface area (Å²) in [5.74, 6) is -2.23. The van der Waals surface area contributed by atoms with Crippen molar-refractivity contribution in [3.05, 3.63) is 35.4 Å². The zero-order valence-corrected chi connectivity index (χ0v) is 13.8. The summed E-state index contributed by atoms with van der Waals surface area (Å²) in [6.07, 6.45) is -4.90. The van der Waals surface area contributed by atoms with E-state index in [2.05, 4.69) is 5.32 Å². The maximum Gasteiger partial charge on any atom is 0.416 e. The van der Waals surface area contributed by atoms with Crippen LogP contribution in [0.3, 0.4) is 0 Å². The molecule has 0 radical (unpaired) electrons. The lowest BCUT2D eigenvalue weighted by molar-refractivity contribution is -0.149. The van der Waals surface area contributed by atoms with Crippen LogP contribution in [0.25, 0.3) is 0 Å². The van der Waals surface area contributed by atoms with Gasteiger partial charge >= 0.3 is 12.1 Å². The van der Waals surface area contributed by atoms with Gasteiger partial charge < -0.3 is 15.3 Å². The minimum absolute atomic E-state index is 0.0429. The van der Waals surface area contributed by atoms with Gasteiger partial charge in [-0.15, -0.1) is 0 Å². The number of hydrogen-bond donors (Lipinski definition) is 2. The number of carbonyl (C=O) groups is 3. The highest BCUT2D eigenvalue weighted by molar-refractivity contribution is 5.85. The third kappa shape index (κ3) is 6.44. The summed E-state index contributed by atoms with van der Waals surface area (Å²) in [5, 5.41) is 11.5. The van der Waals surface area contributed by atoms with Crippen LogP contribution in [-0.4, -0.2) is 46.9 Å². The van der Waals surface area contributed by atoms with E-state index in [0.29, 0.717) is 0 Å². The fraction of sp³-hybridized carbons (Fsp3) is 0.438. The standard InChI is InChI=1S/C16H19F3N2O4/c1-10(15(24)25)21(7-6-20-11(2)22)14(23)9-12-4-3-5-13(8-12)16(17,18)19/h3-5,8,10H,6-7,9H2,1-2H3,(H,20,22)(H,24,25). The van der Waals surface area contributed by atoms with Crippen LogP contribution in [0, 0.1) is 0 Å². The maximum atomic E-state index is 12.7. The second-order valence-electron chi connectivity index (χ2n) is 5.46. The van der Waals surface area contributed by atoms with E-state index in [1.54, 1.807) is 0 Å². The minimum Gasteiger partial charge on any atom is -0.480 e. The molecule has 0 bridgehead atoms. The largest absolute Gasteiger partial charge is 0.480 e. The quantitative estimate of drug-likeness (QED) is 0.775. The van der Waals surface area contributed by atoms with Crippen LogP contribution >= 0.6 is 0 Å². The second kappa shape index (κ2) is 8.50. The molecule has 0 aliphatic carbocycles. The molecule has 0 aromatic heterocycles. The van der Waals surface area contributed by atoms with Crippen molar-refractivity contribution >= 4 is 17.8 Å². The van der Waals surface area contributed by atoms with Crippen molar-refractivity contribution in [3.8, 4) is 0 Å². The Balaban J connectivity index is 2.90. The Labute approximate surface area is 142 Å². The topological polar surface area (TPSA) is 86.7 Å². The summed E-state index contributed by atoms with van der Waals surface area (Å²) in [6.45, 7) is 2.54. The number of rotatable bonds is 7. The van der Waals surface area contributed by atoms with E-state index in [1.807, 2.05) is 0 Å². The third-order valence-corrected chi connectivity index (χ3v) is 3.48. The normalized spacial score (nSPS) is 12.4. The molecule has 0 aliphatic heterocycles. The van der Waals surface area contributed by atoms with Crippen molar-refractivity contribution in [2.24, 2.45) is 0 Å². The van der Waals surface area contributed by atoms with Gasteiger partial charge in [0.25, 0.3) is 0 Å². The van der Waals surface area contributed by atoms with Gasteiger partial charge in [-0.2, -0.15) is 13.2 Å². The number of halogens is 3. The first-order valence-corrected chi connectivity index (χ1v) is 7.45. The van der Waals surface area contributed by atoms with E-state index in [0.717, 1.165) is 17.0 Å². The molecular formula is C16H19F3N2O4. The third-order valence-electron chi connectivity index (χ3n) is 3.48. The predicted molar refractivity (Wildman–Crippen MR) is 82.6 cm³/mol. The van der Waals surface area contributed by atoms with Gasteiger partial charge in [0.05, 0.1) is 12.0 Å². The van der Waals surface area contributed by atoms with Crippen LogP contribution in [0.5, 0.6) is 0 Å². The summed E-state index contributed by atoms with van der Waals surface area (Å²) < 4.78 is 38.2. The predicted octanol–water partition coefficient (Wildman–Crippen LogP) is 1.69. The molecule has 2 N–H and O–H groups in total. The van der Waals surface area contributed by atoms with Crippen LogP contribution in [0.1, 0.15) is 25.0 Å². The van der Waals surface area contributed by atoms with Crippen LogP contribution in [-0.2, 0) is 27.0 Å². The molecule has 1 unspecified atom stereocenters. The zero-order valence-electron chi connectivity index (χ0n) is 13.8. The SMILES string of the molecule is CC(=O)NCCN(C(=O)Cc1cccc(C(F)(F)F)c1)C(C)C(=O)O. The van der Waals surface area contributed by atoms with E-state index < -0.39 is 29.7 Å². The van der Waals surface area contributed by atoms with Gasteiger partial charge in [-0.3, -0.25) is 9.59 Å². The van der Waals surface area contributed by atoms with Gasteiger partial charge in [-0.25, -0.2) is 4.79 Å². The lowest BCUT2D eigenvalue weighted by Gasteiger charge is -2.26. The number of carboxylic acids is 1. The Kier molecular flexibility index (Phi) is 6.96. The number of alkyl halides is 3. The summed E-state index contributed by atoms with van der Waals surface area (Å²) in [6, 6.07) is 3.13. The van der Waals surface area contributed by atoms with Crippen LogP contribution in [0.2, 0.25) is 0 Å². The first kappa shape index (κ1) is 20.5. The molecule has 1 rings (SSSR count). The van der Waals surface area contributed by atoms with E-state index >= 15 is 0 Å². The van der Waals surface area contributed by atoms with E-state index in [-0.39, 0.29) is 31.0 Å². The van der Waals surface area contributed by atoms with Gasteiger partial charge in [0, 0.05) is 20.0 Å². The average molecular weight is 360 g/mol. The monoisotopic (exact) mass is 360 g/mol. The number of benzene rings is 1. The van der Waals surface area contributed by atoms with Crippen LogP contribution in [0.4, 0.5) is 13.2 Å². The zero-order chi connectivity index (χ0) is 19.2. The molecule has 0 saturated heterocycles. The highest BCUT2D eigenvalue weighted by Crippen LogP contribution is 2.29. The van der Waals surface area contributed by atoms with Crippen molar-refractivity contribution in [2.45, 2.75) is 32.5 Å². The molecule has 1 aromatic rings. The molecule has 138 valence electrons. The maximum absolute atomic E-state index is 12.7. The molecule has 25 heavy (non-hydrogen) atoms. The Hall–Kier alpha value is -2.58. The van der Waals surface area contributed by atoms with Crippen molar-refractivity contribution < 1.29 is 32.7 Å². The number of nitrogens with one attached hydrogen (secondary N) is 1. The van der Waals surface area contributed by atoms with Crippen molar-refractivity contribution in [2.75, 3.05) is 13.1 Å². The molecular weight excluding hydrogens is 341 g/mol. The Bertz CT molecular complexity index is 647. The minimum atomic E-state index is -4.53. The first-order valence-electron chi connectivity index (χ1n) is 7.45. The number of carboxylic acid groups (broad SMARTS) is 1. The number of aliphatic carboxylic acids is 1. The fourth-order valence-electron chi connectivity index (χ4n) is 2.15. The lowest BCUT2D eigenvalue weighted by Crippen LogP contribution is -2.47. The highest BCUT2D eigenvalue weighted by atomic mass is 19.4. The molecule has 2 amide bonds. The average Bonchev–Trinajstić information content (AvgIpc) is 2.50. The number of nitrogens with zero attached hydrogens (tertiary/aromatic N) is 1. The van der Waals surface area contributed by atoms with E-state index in [4.69, 9.17) is 5.11 Å². The summed E-state index contributed by atoms with van der Waals surface area (Å²) in [5.41, 5.74) is -0.754. The Morgan fingerprint density at radius 3 is 2.44 bits per heavy atom. The van der Waals surface area contributed by atoms with E-state index in [1.165, 1.54) is 26.0 Å². The van der Waals surface area contributed by atoms with Gasteiger partial charge in [-0.1, -0.05) is 18.2 Å². The summed E-state index contributed by atoms with van der Waals surface area (Å²) in [4.78, 5) is 35.4. The summed E-state index contributed by atoms with van der Waals surface area (Å²) >= 11 is 0. The Morgan fingerprint density at radius 1 is 1.28 bits per heavy atom.